The number of rotatable bonds is 6. The van der Waals surface area contributed by atoms with E-state index < -0.39 is 5.97 Å². The molecule has 2 N–H and O–H groups in total. The first-order chi connectivity index (χ1) is 8.54. The van der Waals surface area contributed by atoms with Crippen LogP contribution >= 0.6 is 11.8 Å². The fourth-order valence-corrected chi connectivity index (χ4v) is 1.85. The quantitative estimate of drug-likeness (QED) is 0.613. The number of benzene rings is 1. The Balaban J connectivity index is 2.71. The van der Waals surface area contributed by atoms with Gasteiger partial charge in [-0.2, -0.15) is 0 Å². The number of thioether (sulfide) groups is 1. The lowest BCUT2D eigenvalue weighted by Gasteiger charge is -2.08. The standard InChI is InChI=1S/C13H15NO3S/c1-3-6-18-8-12(15)14-11-7-10(13(16)17)5-4-9(11)2/h3-5,7H,1,6,8H2,2H3,(H,14,15)(H,16,17). The fraction of sp³-hybridized carbons (Fsp3) is 0.231. The number of anilines is 1. The Bertz CT molecular complexity index is 471. The first kappa shape index (κ1) is 14.3. The number of hydrogen-bond donors (Lipinski definition) is 2. The maximum Gasteiger partial charge on any atom is 0.335 e. The van der Waals surface area contributed by atoms with Crippen molar-refractivity contribution in [1.82, 2.24) is 0 Å². The van der Waals surface area contributed by atoms with Crippen molar-refractivity contribution in [3.05, 3.63) is 42.0 Å². The number of aryl methyl sites for hydroxylation is 1. The average Bonchev–Trinajstić information content (AvgIpc) is 2.32. The lowest BCUT2D eigenvalue weighted by molar-refractivity contribution is -0.113. The van der Waals surface area contributed by atoms with Gasteiger partial charge in [-0.3, -0.25) is 4.79 Å². The molecule has 0 aliphatic heterocycles. The smallest absolute Gasteiger partial charge is 0.335 e. The third kappa shape index (κ3) is 4.25. The van der Waals surface area contributed by atoms with Crippen molar-refractivity contribution < 1.29 is 14.7 Å². The summed E-state index contributed by atoms with van der Waals surface area (Å²) in [4.78, 5) is 22.4. The summed E-state index contributed by atoms with van der Waals surface area (Å²) in [5, 5.41) is 11.6. The summed E-state index contributed by atoms with van der Waals surface area (Å²) in [6.07, 6.45) is 1.73. The maximum atomic E-state index is 11.6. The SMILES string of the molecule is C=CCSCC(=O)Nc1cc(C(=O)O)ccc1C. The number of carbonyl (C=O) groups excluding carboxylic acids is 1. The van der Waals surface area contributed by atoms with Crippen molar-refractivity contribution in [1.29, 1.82) is 0 Å². The molecule has 0 radical (unpaired) electrons. The summed E-state index contributed by atoms with van der Waals surface area (Å²) in [5.74, 6) is -0.122. The Kier molecular flexibility index (Phi) is 5.45. The predicted molar refractivity (Wildman–Crippen MR) is 74.3 cm³/mol. The number of nitrogens with one attached hydrogen (secondary N) is 1. The molecule has 0 heterocycles. The van der Waals surface area contributed by atoms with E-state index in [1.165, 1.54) is 23.9 Å². The molecule has 0 saturated heterocycles. The molecule has 0 saturated carbocycles. The van der Waals surface area contributed by atoms with Gasteiger partial charge in [-0.1, -0.05) is 12.1 Å². The minimum atomic E-state index is -1.01. The van der Waals surface area contributed by atoms with Crippen LogP contribution in [0.4, 0.5) is 5.69 Å². The highest BCUT2D eigenvalue weighted by Crippen LogP contribution is 2.17. The van der Waals surface area contributed by atoms with E-state index in [4.69, 9.17) is 5.11 Å². The van der Waals surface area contributed by atoms with Crippen molar-refractivity contribution in [2.45, 2.75) is 6.92 Å². The van der Waals surface area contributed by atoms with Crippen LogP contribution in [0.3, 0.4) is 0 Å². The van der Waals surface area contributed by atoms with Gasteiger partial charge in [-0.05, 0) is 24.6 Å². The molecule has 18 heavy (non-hydrogen) atoms. The minimum absolute atomic E-state index is 0.146. The summed E-state index contributed by atoms with van der Waals surface area (Å²) in [6, 6.07) is 4.66. The fourth-order valence-electron chi connectivity index (χ4n) is 1.31. The number of aromatic carboxylic acids is 1. The molecule has 0 unspecified atom stereocenters. The molecule has 0 aliphatic carbocycles. The normalized spacial score (nSPS) is 9.83. The number of hydrogen-bond acceptors (Lipinski definition) is 3. The van der Waals surface area contributed by atoms with Gasteiger partial charge in [0.1, 0.15) is 0 Å². The van der Waals surface area contributed by atoms with E-state index in [-0.39, 0.29) is 11.5 Å². The molecule has 1 amide bonds. The van der Waals surface area contributed by atoms with Crippen molar-refractivity contribution in [3.8, 4) is 0 Å². The molecule has 0 spiro atoms. The van der Waals surface area contributed by atoms with Gasteiger partial charge >= 0.3 is 5.97 Å². The number of amides is 1. The Morgan fingerprint density at radius 3 is 2.83 bits per heavy atom. The highest BCUT2D eigenvalue weighted by Gasteiger charge is 2.08. The van der Waals surface area contributed by atoms with Crippen LogP contribution in [0.25, 0.3) is 0 Å². The lowest BCUT2D eigenvalue weighted by Crippen LogP contribution is -2.15. The van der Waals surface area contributed by atoms with Crippen LogP contribution in [0.5, 0.6) is 0 Å². The Morgan fingerprint density at radius 1 is 1.50 bits per heavy atom. The van der Waals surface area contributed by atoms with Crippen molar-refractivity contribution >= 4 is 29.3 Å². The molecular weight excluding hydrogens is 250 g/mol. The van der Waals surface area contributed by atoms with Crippen LogP contribution in [0.1, 0.15) is 15.9 Å². The second kappa shape index (κ2) is 6.86. The molecule has 0 fully saturated rings. The second-order valence-corrected chi connectivity index (χ2v) is 4.72. The highest BCUT2D eigenvalue weighted by atomic mass is 32.2. The van der Waals surface area contributed by atoms with E-state index in [1.807, 2.05) is 6.92 Å². The molecule has 1 aromatic carbocycles. The molecule has 4 nitrogen and oxygen atoms in total. The van der Waals surface area contributed by atoms with Gasteiger partial charge in [-0.15, -0.1) is 18.3 Å². The van der Waals surface area contributed by atoms with Crippen LogP contribution in [-0.4, -0.2) is 28.5 Å². The average molecular weight is 265 g/mol. The summed E-state index contributed by atoms with van der Waals surface area (Å²) < 4.78 is 0. The third-order valence-corrected chi connectivity index (χ3v) is 3.17. The molecule has 5 heteroatoms. The van der Waals surface area contributed by atoms with Gasteiger partial charge in [0.25, 0.3) is 0 Å². The van der Waals surface area contributed by atoms with Gasteiger partial charge in [0, 0.05) is 11.4 Å². The minimum Gasteiger partial charge on any atom is -0.478 e. The van der Waals surface area contributed by atoms with Crippen molar-refractivity contribution in [3.63, 3.8) is 0 Å². The topological polar surface area (TPSA) is 66.4 Å². The Hall–Kier alpha value is -1.75. The zero-order chi connectivity index (χ0) is 13.5. The summed E-state index contributed by atoms with van der Waals surface area (Å²) in [7, 11) is 0. The second-order valence-electron chi connectivity index (χ2n) is 3.69. The van der Waals surface area contributed by atoms with E-state index in [1.54, 1.807) is 12.1 Å². The van der Waals surface area contributed by atoms with Crippen LogP contribution in [0.15, 0.2) is 30.9 Å². The first-order valence-corrected chi connectivity index (χ1v) is 6.52. The van der Waals surface area contributed by atoms with Gasteiger partial charge in [0.2, 0.25) is 5.91 Å². The largest absolute Gasteiger partial charge is 0.478 e. The third-order valence-electron chi connectivity index (χ3n) is 2.23. The van der Waals surface area contributed by atoms with Gasteiger partial charge in [0.05, 0.1) is 11.3 Å². The predicted octanol–water partition coefficient (Wildman–Crippen LogP) is 2.55. The van der Waals surface area contributed by atoms with Crippen LogP contribution < -0.4 is 5.32 Å². The maximum absolute atomic E-state index is 11.6. The Labute approximate surface area is 110 Å². The van der Waals surface area contributed by atoms with E-state index in [0.717, 1.165) is 5.56 Å². The monoisotopic (exact) mass is 265 g/mol. The molecule has 0 atom stereocenters. The molecule has 1 rings (SSSR count). The van der Waals surface area contributed by atoms with Crippen molar-refractivity contribution in [2.24, 2.45) is 0 Å². The molecular formula is C13H15NO3S. The van der Waals surface area contributed by atoms with Crippen molar-refractivity contribution in [2.75, 3.05) is 16.8 Å². The van der Waals surface area contributed by atoms with Gasteiger partial charge in [0.15, 0.2) is 0 Å². The number of carboxylic acids is 1. The van der Waals surface area contributed by atoms with E-state index >= 15 is 0 Å². The Morgan fingerprint density at radius 2 is 2.22 bits per heavy atom. The highest BCUT2D eigenvalue weighted by molar-refractivity contribution is 8.00. The van der Waals surface area contributed by atoms with Crippen LogP contribution in [0.2, 0.25) is 0 Å². The lowest BCUT2D eigenvalue weighted by atomic mass is 10.1. The van der Waals surface area contributed by atoms with Gasteiger partial charge < -0.3 is 10.4 Å². The van der Waals surface area contributed by atoms with E-state index in [2.05, 4.69) is 11.9 Å². The number of carboxylic acid groups (broad SMARTS) is 1. The van der Waals surface area contributed by atoms with E-state index in [0.29, 0.717) is 17.2 Å². The molecule has 0 bridgehead atoms. The summed E-state index contributed by atoms with van der Waals surface area (Å²) in [6.45, 7) is 5.39. The molecule has 96 valence electrons. The van der Waals surface area contributed by atoms with Crippen LogP contribution in [-0.2, 0) is 4.79 Å². The van der Waals surface area contributed by atoms with E-state index in [9.17, 15) is 9.59 Å². The molecule has 0 aliphatic rings. The first-order valence-electron chi connectivity index (χ1n) is 5.37. The zero-order valence-corrected chi connectivity index (χ0v) is 10.9. The zero-order valence-electron chi connectivity index (χ0n) is 10.1. The summed E-state index contributed by atoms with van der Waals surface area (Å²) in [5.41, 5.74) is 1.54. The van der Waals surface area contributed by atoms with Crippen LogP contribution in [0, 0.1) is 6.92 Å². The molecule has 1 aromatic rings. The van der Waals surface area contributed by atoms with Gasteiger partial charge in [-0.25, -0.2) is 4.79 Å². The summed E-state index contributed by atoms with van der Waals surface area (Å²) >= 11 is 1.45. The number of carbonyl (C=O) groups is 2. The molecule has 0 aromatic heterocycles.